The predicted molar refractivity (Wildman–Crippen MR) is 131 cm³/mol. The van der Waals surface area contributed by atoms with Crippen molar-refractivity contribution >= 4 is 33.7 Å². The number of aryl methyl sites for hydroxylation is 1. The first kappa shape index (κ1) is 25.2. The number of rotatable bonds is 5. The summed E-state index contributed by atoms with van der Waals surface area (Å²) in [7, 11) is 0. The number of thiophene rings is 1. The van der Waals surface area contributed by atoms with Crippen molar-refractivity contribution in [3.05, 3.63) is 31.3 Å². The first-order valence-electron chi connectivity index (χ1n) is 11.8. The molecular weight excluding hydrogens is 474 g/mol. The van der Waals surface area contributed by atoms with Gasteiger partial charge in [0.2, 0.25) is 0 Å². The molecule has 2 fully saturated rings. The summed E-state index contributed by atoms with van der Waals surface area (Å²) in [6, 6.07) is -0.882. The number of nitrogens with zero attached hydrogens (tertiary/aromatic N) is 3. The Hall–Kier alpha value is -2.86. The minimum absolute atomic E-state index is 0.0788. The van der Waals surface area contributed by atoms with Crippen LogP contribution in [0.15, 0.2) is 9.59 Å². The monoisotopic (exact) mass is 507 g/mol. The molecule has 2 aliphatic rings. The van der Waals surface area contributed by atoms with Crippen LogP contribution in [0.2, 0.25) is 0 Å². The van der Waals surface area contributed by atoms with E-state index in [0.29, 0.717) is 33.8 Å². The van der Waals surface area contributed by atoms with Gasteiger partial charge in [-0.2, -0.15) is 0 Å². The van der Waals surface area contributed by atoms with Crippen molar-refractivity contribution in [1.29, 1.82) is 0 Å². The molecule has 11 nitrogen and oxygen atoms in total. The normalized spacial score (nSPS) is 19.1. The van der Waals surface area contributed by atoms with Gasteiger partial charge >= 0.3 is 17.8 Å². The Balaban J connectivity index is 1.77. The highest BCUT2D eigenvalue weighted by atomic mass is 32.1. The molecule has 2 aromatic heterocycles. The molecule has 0 unspecified atom stereocenters. The second kappa shape index (κ2) is 8.98. The van der Waals surface area contributed by atoms with Crippen molar-refractivity contribution in [3.8, 4) is 0 Å². The molecule has 0 bridgehead atoms. The number of fused-ring (bicyclic) bond motifs is 1. The van der Waals surface area contributed by atoms with E-state index in [0.717, 1.165) is 30.7 Å². The largest absolute Gasteiger partial charge is 0.443 e. The fourth-order valence-electron chi connectivity index (χ4n) is 4.30. The van der Waals surface area contributed by atoms with Gasteiger partial charge in [-0.3, -0.25) is 13.9 Å². The average molecular weight is 508 g/mol. The van der Waals surface area contributed by atoms with Gasteiger partial charge in [0.05, 0.1) is 30.1 Å². The van der Waals surface area contributed by atoms with Crippen LogP contribution >= 0.6 is 11.3 Å². The highest BCUT2D eigenvalue weighted by Gasteiger charge is 2.43. The lowest BCUT2D eigenvalue weighted by atomic mass is 10.2. The van der Waals surface area contributed by atoms with Crippen molar-refractivity contribution in [1.82, 2.24) is 19.6 Å². The van der Waals surface area contributed by atoms with E-state index in [-0.39, 0.29) is 23.9 Å². The Morgan fingerprint density at radius 3 is 2.54 bits per heavy atom. The lowest BCUT2D eigenvalue weighted by Gasteiger charge is -2.24. The molecule has 3 N–H and O–H groups in total. The Labute approximate surface area is 206 Å². The number of hydrazine groups is 1. The number of hydrogen-bond acceptors (Lipinski definition) is 7. The second-order valence-electron chi connectivity index (χ2n) is 10.5. The molecule has 12 heteroatoms. The summed E-state index contributed by atoms with van der Waals surface area (Å²) in [4.78, 5) is 52.6. The third-order valence-electron chi connectivity index (χ3n) is 6.43. The molecule has 1 saturated heterocycles. The van der Waals surface area contributed by atoms with Crippen LogP contribution in [-0.2, 0) is 28.1 Å². The van der Waals surface area contributed by atoms with E-state index in [9.17, 15) is 19.2 Å². The SMILES string of the molecule is Cc1c(CN(NC(=O)OC(C)(C)C)C(N)=O)sc2c1c(=O)n(C1(C)CC1)c(=O)n2C[C@@H]1CCCO1. The van der Waals surface area contributed by atoms with Crippen LogP contribution in [0, 0.1) is 6.92 Å². The molecule has 1 atom stereocenters. The molecule has 0 aromatic carbocycles. The minimum atomic E-state index is -0.882. The van der Waals surface area contributed by atoms with E-state index < -0.39 is 23.3 Å². The molecule has 1 aliphatic heterocycles. The summed E-state index contributed by atoms with van der Waals surface area (Å²) < 4.78 is 14.0. The van der Waals surface area contributed by atoms with E-state index in [1.165, 1.54) is 15.9 Å². The predicted octanol–water partition coefficient (Wildman–Crippen LogP) is 2.54. The van der Waals surface area contributed by atoms with E-state index in [4.69, 9.17) is 15.2 Å². The molecular formula is C23H33N5O6S. The number of ether oxygens (including phenoxy) is 2. The number of primary amides is 1. The van der Waals surface area contributed by atoms with E-state index >= 15 is 0 Å². The summed E-state index contributed by atoms with van der Waals surface area (Å²) in [5.74, 6) is 0. The highest BCUT2D eigenvalue weighted by Crippen LogP contribution is 2.41. The summed E-state index contributed by atoms with van der Waals surface area (Å²) in [5.41, 5.74) is 6.59. The number of nitrogens with two attached hydrogens (primary N) is 1. The Morgan fingerprint density at radius 1 is 1.31 bits per heavy atom. The Kier molecular flexibility index (Phi) is 6.47. The van der Waals surface area contributed by atoms with Gasteiger partial charge in [-0.1, -0.05) is 0 Å². The van der Waals surface area contributed by atoms with E-state index in [1.807, 2.05) is 6.92 Å². The molecule has 192 valence electrons. The van der Waals surface area contributed by atoms with Gasteiger partial charge in [-0.05, 0) is 65.9 Å². The molecule has 0 radical (unpaired) electrons. The molecule has 4 rings (SSSR count). The van der Waals surface area contributed by atoms with Crippen LogP contribution < -0.4 is 22.4 Å². The zero-order chi connectivity index (χ0) is 25.7. The van der Waals surface area contributed by atoms with Crippen LogP contribution in [0.3, 0.4) is 0 Å². The Bertz CT molecular complexity index is 1280. The molecule has 2 aromatic rings. The van der Waals surface area contributed by atoms with Crippen molar-refractivity contribution in [3.63, 3.8) is 0 Å². The second-order valence-corrected chi connectivity index (χ2v) is 11.6. The quantitative estimate of drug-likeness (QED) is 0.597. The fourth-order valence-corrected chi connectivity index (χ4v) is 5.59. The van der Waals surface area contributed by atoms with Gasteiger partial charge in [-0.15, -0.1) is 11.3 Å². The molecule has 35 heavy (non-hydrogen) atoms. The maximum Gasteiger partial charge on any atom is 0.426 e. The molecule has 1 saturated carbocycles. The van der Waals surface area contributed by atoms with E-state index in [2.05, 4.69) is 5.43 Å². The average Bonchev–Trinajstić information content (AvgIpc) is 3.13. The smallest absolute Gasteiger partial charge is 0.426 e. The van der Waals surface area contributed by atoms with Crippen molar-refractivity contribution in [2.75, 3.05) is 6.61 Å². The van der Waals surface area contributed by atoms with Crippen LogP contribution in [0.4, 0.5) is 9.59 Å². The van der Waals surface area contributed by atoms with Crippen molar-refractivity contribution < 1.29 is 19.1 Å². The third-order valence-corrected chi connectivity index (χ3v) is 7.73. The third kappa shape index (κ3) is 5.08. The highest BCUT2D eigenvalue weighted by molar-refractivity contribution is 7.18. The van der Waals surface area contributed by atoms with Gasteiger partial charge < -0.3 is 15.2 Å². The standard InChI is InChI=1S/C23H33N5O6S/c1-13-15(12-27(19(24)30)25-20(31)34-22(2,3)4)35-18-16(13)17(29)28(23(5)8-9-23)21(32)26(18)11-14-7-6-10-33-14/h14H,6-12H2,1-5H3,(H2,24,30)(H,25,31)/t14-/m0/s1. The zero-order valence-corrected chi connectivity index (χ0v) is 21.6. The Morgan fingerprint density at radius 2 is 2.00 bits per heavy atom. The number of hydrogen-bond donors (Lipinski definition) is 2. The van der Waals surface area contributed by atoms with Crippen molar-refractivity contribution in [2.45, 2.75) is 90.6 Å². The number of amides is 3. The lowest BCUT2D eigenvalue weighted by Crippen LogP contribution is -2.49. The van der Waals surface area contributed by atoms with E-state index in [1.54, 1.807) is 32.3 Å². The zero-order valence-electron chi connectivity index (χ0n) is 20.8. The number of nitrogens with one attached hydrogen (secondary N) is 1. The lowest BCUT2D eigenvalue weighted by molar-refractivity contribution is 0.0376. The number of carbonyl (C=O) groups is 2. The van der Waals surface area contributed by atoms with Gasteiger partial charge in [0, 0.05) is 11.5 Å². The summed E-state index contributed by atoms with van der Waals surface area (Å²) in [6.45, 7) is 9.73. The molecule has 3 heterocycles. The first-order valence-corrected chi connectivity index (χ1v) is 12.6. The number of carbonyl (C=O) groups excluding carboxylic acids is 2. The molecule has 1 aliphatic carbocycles. The first-order chi connectivity index (χ1) is 16.3. The maximum absolute atomic E-state index is 13.5. The van der Waals surface area contributed by atoms with Gasteiger partial charge in [0.1, 0.15) is 10.4 Å². The summed E-state index contributed by atoms with van der Waals surface area (Å²) >= 11 is 1.24. The van der Waals surface area contributed by atoms with Crippen molar-refractivity contribution in [2.24, 2.45) is 5.73 Å². The number of urea groups is 1. The molecule has 3 amide bonds. The summed E-state index contributed by atoms with van der Waals surface area (Å²) in [5, 5.41) is 1.38. The van der Waals surface area contributed by atoms with Crippen LogP contribution in [0.5, 0.6) is 0 Å². The van der Waals surface area contributed by atoms with Crippen LogP contribution in [0.25, 0.3) is 10.2 Å². The topological polar surface area (TPSA) is 138 Å². The minimum Gasteiger partial charge on any atom is -0.443 e. The maximum atomic E-state index is 13.5. The summed E-state index contributed by atoms with van der Waals surface area (Å²) in [6.07, 6.45) is 2.37. The van der Waals surface area contributed by atoms with Gasteiger partial charge in [0.15, 0.2) is 0 Å². The fraction of sp³-hybridized carbons (Fsp3) is 0.652. The van der Waals surface area contributed by atoms with Gasteiger partial charge in [-0.25, -0.2) is 24.8 Å². The van der Waals surface area contributed by atoms with Gasteiger partial charge in [0.25, 0.3) is 5.56 Å². The van der Waals surface area contributed by atoms with Crippen LogP contribution in [0.1, 0.15) is 63.8 Å². The molecule has 0 spiro atoms. The van der Waals surface area contributed by atoms with Crippen LogP contribution in [-0.4, -0.2) is 44.6 Å². The number of aromatic nitrogens is 2.